The fourth-order valence-electron chi connectivity index (χ4n) is 3.07. The molecule has 0 saturated carbocycles. The van der Waals surface area contributed by atoms with Crippen LogP contribution in [0.5, 0.6) is 0 Å². The van der Waals surface area contributed by atoms with Crippen LogP contribution in [0.3, 0.4) is 0 Å². The van der Waals surface area contributed by atoms with Crippen LogP contribution in [-0.2, 0) is 7.05 Å². The zero-order chi connectivity index (χ0) is 21.6. The van der Waals surface area contributed by atoms with Crippen molar-refractivity contribution in [3.63, 3.8) is 0 Å². The monoisotopic (exact) mass is 411 g/mol. The van der Waals surface area contributed by atoms with Crippen molar-refractivity contribution in [2.75, 3.05) is 0 Å². The minimum absolute atomic E-state index is 0.155. The summed E-state index contributed by atoms with van der Waals surface area (Å²) in [5.41, 5.74) is 5.43. The van der Waals surface area contributed by atoms with E-state index in [9.17, 15) is 4.79 Å². The predicted octanol–water partition coefficient (Wildman–Crippen LogP) is 2.98. The van der Waals surface area contributed by atoms with Crippen LogP contribution < -0.4 is 11.0 Å². The summed E-state index contributed by atoms with van der Waals surface area (Å²) in [6.07, 6.45) is 4.85. The first kappa shape index (κ1) is 20.0. The van der Waals surface area contributed by atoms with Gasteiger partial charge in [-0.15, -0.1) is 0 Å². The second kappa shape index (κ2) is 9.00. The van der Waals surface area contributed by atoms with Gasteiger partial charge in [0.2, 0.25) is 0 Å². The SMILES string of the molecule is Cc1c(/C=N/N/C(=N\c2ccccn2)c2ccccn2)c(=O)n(-c2ccccc2)n1C. The third-order valence-electron chi connectivity index (χ3n) is 4.75. The molecule has 0 amide bonds. The van der Waals surface area contributed by atoms with E-state index in [1.54, 1.807) is 27.8 Å². The van der Waals surface area contributed by atoms with Gasteiger partial charge in [-0.2, -0.15) is 5.10 Å². The quantitative estimate of drug-likeness (QED) is 0.311. The van der Waals surface area contributed by atoms with Crippen molar-refractivity contribution in [1.82, 2.24) is 24.8 Å². The zero-order valence-corrected chi connectivity index (χ0v) is 17.2. The molecule has 1 aromatic carbocycles. The van der Waals surface area contributed by atoms with Crippen molar-refractivity contribution in [3.8, 4) is 5.69 Å². The first-order chi connectivity index (χ1) is 15.1. The molecule has 0 bridgehead atoms. The normalized spacial score (nSPS) is 11.7. The fraction of sp³-hybridized carbons (Fsp3) is 0.0870. The number of hydrogen-bond acceptors (Lipinski definition) is 5. The van der Waals surface area contributed by atoms with Crippen LogP contribution in [0, 0.1) is 6.92 Å². The van der Waals surface area contributed by atoms with Crippen molar-refractivity contribution in [1.29, 1.82) is 0 Å². The van der Waals surface area contributed by atoms with Crippen molar-refractivity contribution >= 4 is 17.9 Å². The summed E-state index contributed by atoms with van der Waals surface area (Å²) in [4.78, 5) is 26.1. The van der Waals surface area contributed by atoms with Crippen LogP contribution in [0.4, 0.5) is 5.82 Å². The molecule has 0 unspecified atom stereocenters. The van der Waals surface area contributed by atoms with E-state index in [1.807, 2.05) is 74.6 Å². The van der Waals surface area contributed by atoms with Gasteiger partial charge in [0.05, 0.1) is 17.5 Å². The number of nitrogens with one attached hydrogen (secondary N) is 1. The first-order valence-electron chi connectivity index (χ1n) is 9.69. The van der Waals surface area contributed by atoms with Gasteiger partial charge < -0.3 is 0 Å². The Morgan fingerprint density at radius 1 is 0.968 bits per heavy atom. The smallest absolute Gasteiger partial charge is 0.280 e. The lowest BCUT2D eigenvalue weighted by Gasteiger charge is -2.07. The van der Waals surface area contributed by atoms with Crippen LogP contribution in [0.1, 0.15) is 17.0 Å². The Morgan fingerprint density at radius 3 is 2.35 bits per heavy atom. The highest BCUT2D eigenvalue weighted by atomic mass is 16.1. The van der Waals surface area contributed by atoms with E-state index in [-0.39, 0.29) is 5.56 Å². The number of hydrazone groups is 1. The lowest BCUT2D eigenvalue weighted by Crippen LogP contribution is -2.22. The highest BCUT2D eigenvalue weighted by Crippen LogP contribution is 2.10. The van der Waals surface area contributed by atoms with Gasteiger partial charge in [0, 0.05) is 25.1 Å². The number of benzene rings is 1. The lowest BCUT2D eigenvalue weighted by atomic mass is 10.3. The molecule has 8 nitrogen and oxygen atoms in total. The molecule has 3 heterocycles. The number of hydrogen-bond donors (Lipinski definition) is 1. The van der Waals surface area contributed by atoms with Crippen molar-refractivity contribution in [2.24, 2.45) is 17.1 Å². The number of aliphatic imine (C=N–C) groups is 1. The summed E-state index contributed by atoms with van der Waals surface area (Å²) in [6, 6.07) is 20.4. The van der Waals surface area contributed by atoms with Crippen molar-refractivity contribution in [2.45, 2.75) is 6.92 Å². The lowest BCUT2D eigenvalue weighted by molar-refractivity contribution is 0.630. The van der Waals surface area contributed by atoms with Crippen molar-refractivity contribution in [3.05, 3.63) is 106 Å². The van der Waals surface area contributed by atoms with Crippen LogP contribution in [0.25, 0.3) is 5.69 Å². The largest absolute Gasteiger partial charge is 0.285 e. The summed E-state index contributed by atoms with van der Waals surface area (Å²) >= 11 is 0. The number of pyridine rings is 2. The molecule has 0 aliphatic carbocycles. The van der Waals surface area contributed by atoms with Gasteiger partial charge in [-0.25, -0.2) is 14.7 Å². The molecule has 4 aromatic rings. The maximum atomic E-state index is 13.0. The molecule has 8 heteroatoms. The highest BCUT2D eigenvalue weighted by molar-refractivity contribution is 5.98. The van der Waals surface area contributed by atoms with E-state index >= 15 is 0 Å². The van der Waals surface area contributed by atoms with Gasteiger partial charge in [-0.3, -0.25) is 19.9 Å². The summed E-state index contributed by atoms with van der Waals surface area (Å²) in [7, 11) is 1.84. The molecule has 0 spiro atoms. The van der Waals surface area contributed by atoms with Gasteiger partial charge in [-0.1, -0.05) is 30.3 Å². The standard InChI is InChI=1S/C23H21N7O/c1-17-19(23(31)30(29(17)2)18-10-4-3-5-11-18)16-26-28-22(20-12-6-8-14-24-20)27-21-13-7-9-15-25-21/h3-16H,1-2H3,(H,25,27,28)/b26-16+. The van der Waals surface area contributed by atoms with E-state index in [4.69, 9.17) is 0 Å². The summed E-state index contributed by atoms with van der Waals surface area (Å²) in [6.45, 7) is 1.88. The minimum atomic E-state index is -0.155. The van der Waals surface area contributed by atoms with E-state index in [1.165, 1.54) is 6.21 Å². The second-order valence-corrected chi connectivity index (χ2v) is 6.71. The fourth-order valence-corrected chi connectivity index (χ4v) is 3.07. The maximum Gasteiger partial charge on any atom is 0.280 e. The van der Waals surface area contributed by atoms with Gasteiger partial charge in [0.1, 0.15) is 5.69 Å². The molecule has 0 saturated heterocycles. The molecular weight excluding hydrogens is 390 g/mol. The average Bonchev–Trinajstić information content (AvgIpc) is 3.03. The molecule has 3 aromatic heterocycles. The number of nitrogens with zero attached hydrogens (tertiary/aromatic N) is 6. The molecule has 0 aliphatic heterocycles. The summed E-state index contributed by atoms with van der Waals surface area (Å²) in [5.74, 6) is 0.945. The third kappa shape index (κ3) is 4.32. The Bertz CT molecular complexity index is 1270. The highest BCUT2D eigenvalue weighted by Gasteiger charge is 2.14. The Balaban J connectivity index is 1.66. The minimum Gasteiger partial charge on any atom is -0.285 e. The van der Waals surface area contributed by atoms with Crippen LogP contribution in [0.2, 0.25) is 0 Å². The third-order valence-corrected chi connectivity index (χ3v) is 4.75. The molecule has 0 atom stereocenters. The topological polar surface area (TPSA) is 89.5 Å². The summed E-state index contributed by atoms with van der Waals surface area (Å²) in [5, 5.41) is 4.28. The van der Waals surface area contributed by atoms with Gasteiger partial charge in [-0.05, 0) is 43.3 Å². The van der Waals surface area contributed by atoms with Crippen molar-refractivity contribution < 1.29 is 0 Å². The van der Waals surface area contributed by atoms with E-state index in [0.29, 0.717) is 22.9 Å². The molecular formula is C23H21N7O. The Labute approximate surface area is 179 Å². The predicted molar refractivity (Wildman–Crippen MR) is 121 cm³/mol. The van der Waals surface area contributed by atoms with Gasteiger partial charge in [0.15, 0.2) is 11.7 Å². The number of aromatic nitrogens is 4. The maximum absolute atomic E-state index is 13.0. The van der Waals surface area contributed by atoms with Crippen LogP contribution >= 0.6 is 0 Å². The number of para-hydroxylation sites is 1. The molecule has 1 N–H and O–H groups in total. The molecule has 0 fully saturated rings. The molecule has 0 aliphatic rings. The first-order valence-corrected chi connectivity index (χ1v) is 9.69. The average molecular weight is 411 g/mol. The van der Waals surface area contributed by atoms with E-state index < -0.39 is 0 Å². The van der Waals surface area contributed by atoms with Crippen LogP contribution in [-0.4, -0.2) is 31.4 Å². The number of rotatable bonds is 5. The molecule has 154 valence electrons. The number of amidine groups is 1. The molecule has 0 radical (unpaired) electrons. The van der Waals surface area contributed by atoms with E-state index in [2.05, 4.69) is 25.5 Å². The zero-order valence-electron chi connectivity index (χ0n) is 17.2. The van der Waals surface area contributed by atoms with E-state index in [0.717, 1.165) is 11.4 Å². The molecule has 4 rings (SSSR count). The Hall–Kier alpha value is -4.33. The van der Waals surface area contributed by atoms with Crippen LogP contribution in [0.15, 0.2) is 94.0 Å². The van der Waals surface area contributed by atoms with Gasteiger partial charge >= 0.3 is 0 Å². The molecule has 31 heavy (non-hydrogen) atoms. The Kier molecular flexibility index (Phi) is 5.79. The summed E-state index contributed by atoms with van der Waals surface area (Å²) < 4.78 is 3.42. The second-order valence-electron chi connectivity index (χ2n) is 6.71. The van der Waals surface area contributed by atoms with Gasteiger partial charge in [0.25, 0.3) is 5.56 Å². The Morgan fingerprint density at radius 2 is 1.68 bits per heavy atom.